The molecule has 1 atom stereocenters. The van der Waals surface area contributed by atoms with Crippen LogP contribution in [0.1, 0.15) is 40.5 Å². The van der Waals surface area contributed by atoms with Crippen LogP contribution in [0.15, 0.2) is 21.5 Å². The van der Waals surface area contributed by atoms with E-state index in [4.69, 9.17) is 9.15 Å². The van der Waals surface area contributed by atoms with Gasteiger partial charge in [-0.15, -0.1) is 5.10 Å². The van der Waals surface area contributed by atoms with E-state index in [9.17, 15) is 9.59 Å². The van der Waals surface area contributed by atoms with Crippen LogP contribution in [-0.2, 0) is 42.2 Å². The maximum Gasteiger partial charge on any atom is 0.509 e. The number of carbonyl (C=O) groups is 2. The van der Waals surface area contributed by atoms with Crippen molar-refractivity contribution in [2.45, 2.75) is 33.9 Å². The Labute approximate surface area is 170 Å². The average molecular weight is 421 g/mol. The number of nitrogens with zero attached hydrogens (tertiary/aromatic N) is 3. The zero-order chi connectivity index (χ0) is 17.9. The molecule has 0 N–H and O–H groups in total. The van der Waals surface area contributed by atoms with E-state index in [-0.39, 0.29) is 44.3 Å². The summed E-state index contributed by atoms with van der Waals surface area (Å²) in [5, 5.41) is 4.04. The minimum Gasteiger partial charge on any atom is -0.438 e. The number of amides is 1. The Balaban J connectivity index is 0.00000312. The largest absolute Gasteiger partial charge is 0.509 e. The number of hydrogen-bond acceptors (Lipinski definition) is 6. The van der Waals surface area contributed by atoms with E-state index in [1.54, 1.807) is 32.9 Å². The van der Waals surface area contributed by atoms with Crippen molar-refractivity contribution in [2.24, 2.45) is 4.99 Å². The zero-order valence-corrected chi connectivity index (χ0v) is 17.5. The molecule has 1 aromatic heterocycles. The molecule has 25 heavy (non-hydrogen) atoms. The minimum absolute atomic E-state index is 0. The number of aryl methyl sites for hydroxylation is 3. The van der Waals surface area contributed by atoms with Crippen LogP contribution in [0.3, 0.4) is 0 Å². The Hall–Kier alpha value is -1.80. The first-order valence-corrected chi connectivity index (χ1v) is 7.21. The molecular formula is C16H18N3O5Y-. The maximum absolute atomic E-state index is 12.4. The molecule has 2 rings (SSSR count). The van der Waals surface area contributed by atoms with E-state index < -0.39 is 18.3 Å². The summed E-state index contributed by atoms with van der Waals surface area (Å²) in [4.78, 5) is 27.5. The van der Waals surface area contributed by atoms with Crippen LogP contribution in [0.25, 0.3) is 0 Å². The third-order valence-electron chi connectivity index (χ3n) is 3.18. The van der Waals surface area contributed by atoms with E-state index in [0.29, 0.717) is 11.1 Å². The van der Waals surface area contributed by atoms with Crippen molar-refractivity contribution in [3.63, 3.8) is 0 Å². The molecule has 0 saturated heterocycles. The first kappa shape index (κ1) is 21.2. The Morgan fingerprint density at radius 3 is 2.60 bits per heavy atom. The van der Waals surface area contributed by atoms with Gasteiger partial charge in [-0.1, -0.05) is 19.4 Å². The predicted octanol–water partition coefficient (Wildman–Crippen LogP) is 2.24. The Kier molecular flexibility index (Phi) is 7.70. The van der Waals surface area contributed by atoms with Gasteiger partial charge in [-0.3, -0.25) is 4.79 Å². The van der Waals surface area contributed by atoms with Crippen molar-refractivity contribution < 1.29 is 56.2 Å². The third-order valence-corrected chi connectivity index (χ3v) is 3.18. The van der Waals surface area contributed by atoms with Gasteiger partial charge in [-0.05, 0) is 6.92 Å². The minimum atomic E-state index is -0.878. The monoisotopic (exact) mass is 421 g/mol. The molecule has 131 valence electrons. The molecule has 0 aliphatic carbocycles. The van der Waals surface area contributed by atoms with Crippen molar-refractivity contribution in [3.8, 4) is 0 Å². The normalized spacial score (nSPS) is 12.3. The van der Waals surface area contributed by atoms with Crippen LogP contribution in [0.4, 0.5) is 4.79 Å². The van der Waals surface area contributed by atoms with E-state index in [1.807, 2.05) is 6.92 Å². The number of ether oxygens (including phenoxy) is 2. The summed E-state index contributed by atoms with van der Waals surface area (Å²) in [5.74, 6) is -0.229. The molecule has 2 aromatic rings. The molecule has 1 amide bonds. The number of benzene rings is 1. The standard InChI is InChI=1S/C16H18N3O5.Y/c1-9-6-7-13(10(2)8-9)14(20)17-15-19(18-11(3)23-15)12(4)24-16(21)22-5;/h6-7,12H,1-5H3;/q-1;. The van der Waals surface area contributed by atoms with Crippen LogP contribution in [0.5, 0.6) is 0 Å². The maximum atomic E-state index is 12.4. The molecule has 1 heterocycles. The quantitative estimate of drug-likeness (QED) is 0.557. The summed E-state index contributed by atoms with van der Waals surface area (Å²) < 4.78 is 15.9. The molecule has 0 fully saturated rings. The number of carbonyl (C=O) groups excluding carboxylic acids is 2. The van der Waals surface area contributed by atoms with Crippen LogP contribution in [0, 0.1) is 26.8 Å². The first-order chi connectivity index (χ1) is 11.3. The molecule has 8 nitrogen and oxygen atoms in total. The third kappa shape index (κ3) is 5.34. The van der Waals surface area contributed by atoms with Gasteiger partial charge in [0.25, 0.3) is 0 Å². The van der Waals surface area contributed by atoms with Crippen molar-refractivity contribution in [1.82, 2.24) is 9.78 Å². The van der Waals surface area contributed by atoms with Gasteiger partial charge in [0, 0.05) is 39.6 Å². The molecule has 0 spiro atoms. The van der Waals surface area contributed by atoms with Crippen molar-refractivity contribution >= 4 is 12.1 Å². The van der Waals surface area contributed by atoms with Crippen LogP contribution in [-0.4, -0.2) is 29.0 Å². The van der Waals surface area contributed by atoms with E-state index in [0.717, 1.165) is 5.56 Å². The molecule has 9 heteroatoms. The summed E-state index contributed by atoms with van der Waals surface area (Å²) in [6.07, 6.45) is -1.73. The summed E-state index contributed by atoms with van der Waals surface area (Å²) in [6.45, 7) is 6.81. The molecule has 0 aliphatic heterocycles. The summed E-state index contributed by atoms with van der Waals surface area (Å²) in [6, 6.07) is 6.51. The SMILES string of the molecule is COC(=O)OC(C)n1nc(C)oc1=NC(=O)c1ccc(C)[c-]c1C.[Y]. The smallest absolute Gasteiger partial charge is 0.438 e. The van der Waals surface area contributed by atoms with Crippen LogP contribution < -0.4 is 5.68 Å². The Bertz CT molecular complexity index is 841. The van der Waals surface area contributed by atoms with E-state index in [1.165, 1.54) is 11.8 Å². The zero-order valence-electron chi connectivity index (χ0n) is 14.7. The molecule has 0 bridgehead atoms. The second kappa shape index (κ2) is 9.05. The molecule has 0 aliphatic rings. The van der Waals surface area contributed by atoms with E-state index in [2.05, 4.69) is 20.9 Å². The molecule has 1 aromatic carbocycles. The fourth-order valence-corrected chi connectivity index (χ4v) is 2.06. The van der Waals surface area contributed by atoms with Crippen molar-refractivity contribution in [1.29, 1.82) is 0 Å². The molecular weight excluding hydrogens is 403 g/mol. The number of hydrogen-bond donors (Lipinski definition) is 0. The van der Waals surface area contributed by atoms with Crippen LogP contribution >= 0.6 is 0 Å². The van der Waals surface area contributed by atoms with Gasteiger partial charge in [-0.25, -0.2) is 4.79 Å². The average Bonchev–Trinajstić information content (AvgIpc) is 2.87. The summed E-state index contributed by atoms with van der Waals surface area (Å²) in [7, 11) is 1.19. The van der Waals surface area contributed by atoms with Crippen LogP contribution in [0.2, 0.25) is 0 Å². The number of aromatic nitrogens is 2. The topological polar surface area (TPSA) is 95.9 Å². The van der Waals surface area contributed by atoms with E-state index >= 15 is 0 Å². The van der Waals surface area contributed by atoms with Crippen molar-refractivity contribution in [3.05, 3.63) is 46.5 Å². The van der Waals surface area contributed by atoms with Gasteiger partial charge in [0.2, 0.25) is 18.0 Å². The van der Waals surface area contributed by atoms with Gasteiger partial charge in [0.15, 0.2) is 0 Å². The fraction of sp³-hybridized carbons (Fsp3) is 0.375. The second-order valence-corrected chi connectivity index (χ2v) is 5.12. The second-order valence-electron chi connectivity index (χ2n) is 5.12. The Morgan fingerprint density at radius 2 is 2.00 bits per heavy atom. The van der Waals surface area contributed by atoms with Gasteiger partial charge in [0.1, 0.15) is 0 Å². The predicted molar refractivity (Wildman–Crippen MR) is 82.1 cm³/mol. The molecule has 1 radical (unpaired) electrons. The molecule has 1 unspecified atom stereocenters. The van der Waals surface area contributed by atoms with Gasteiger partial charge < -0.3 is 13.9 Å². The van der Waals surface area contributed by atoms with Gasteiger partial charge >= 0.3 is 11.8 Å². The Morgan fingerprint density at radius 1 is 1.32 bits per heavy atom. The first-order valence-electron chi connectivity index (χ1n) is 7.21. The number of rotatable bonds is 3. The van der Waals surface area contributed by atoms with Gasteiger partial charge in [-0.2, -0.15) is 39.0 Å². The van der Waals surface area contributed by atoms with Gasteiger partial charge in [0.05, 0.1) is 7.11 Å². The van der Waals surface area contributed by atoms with Crippen molar-refractivity contribution in [2.75, 3.05) is 7.11 Å². The number of methoxy groups -OCH3 is 1. The summed E-state index contributed by atoms with van der Waals surface area (Å²) in [5.41, 5.74) is 1.94. The fourth-order valence-electron chi connectivity index (χ4n) is 2.06. The molecule has 0 saturated carbocycles. The summed E-state index contributed by atoms with van der Waals surface area (Å²) >= 11 is 0.